The Morgan fingerprint density at radius 1 is 1.39 bits per heavy atom. The van der Waals surface area contributed by atoms with Gasteiger partial charge in [-0.1, -0.05) is 24.6 Å². The Kier molecular flexibility index (Phi) is 4.27. The van der Waals surface area contributed by atoms with E-state index in [2.05, 4.69) is 0 Å². The molecule has 0 aliphatic rings. The molecule has 1 rings (SSSR count). The van der Waals surface area contributed by atoms with Crippen molar-refractivity contribution in [3.8, 4) is 0 Å². The van der Waals surface area contributed by atoms with Crippen LogP contribution in [0, 0.1) is 12.8 Å². The van der Waals surface area contributed by atoms with E-state index in [0.29, 0.717) is 10.6 Å². The van der Waals surface area contributed by atoms with Crippen molar-refractivity contribution in [2.75, 3.05) is 0 Å². The number of aryl methyl sites for hydroxylation is 1. The molecule has 0 fully saturated rings. The fourth-order valence-corrected chi connectivity index (χ4v) is 2.00. The highest BCUT2D eigenvalue weighted by molar-refractivity contribution is 6.30. The standard InChI is InChI=1S/C12H12ClF3O2/c1-6-5-8(13)3-4-9(6)10(11(17)18)7(2)12(14,15)16/h3-5,7,10H,1-2H3,(H,17,18)/p-1/t7-,10?/m1/s1. The number of hydrogen-bond donors (Lipinski definition) is 0. The summed E-state index contributed by atoms with van der Waals surface area (Å²) in [6.07, 6.45) is -4.60. The molecular formula is C12H11ClF3O2-. The average molecular weight is 280 g/mol. The zero-order valence-electron chi connectivity index (χ0n) is 9.72. The Bertz CT molecular complexity index is 457. The van der Waals surface area contributed by atoms with Gasteiger partial charge in [-0.2, -0.15) is 13.2 Å². The number of carbonyl (C=O) groups excluding carboxylic acids is 1. The van der Waals surface area contributed by atoms with Crippen molar-refractivity contribution >= 4 is 17.6 Å². The summed E-state index contributed by atoms with van der Waals surface area (Å²) in [5.74, 6) is -5.50. The molecule has 0 heterocycles. The van der Waals surface area contributed by atoms with E-state index in [-0.39, 0.29) is 5.56 Å². The molecule has 1 aromatic carbocycles. The van der Waals surface area contributed by atoms with Crippen LogP contribution >= 0.6 is 11.6 Å². The lowest BCUT2D eigenvalue weighted by atomic mass is 9.84. The van der Waals surface area contributed by atoms with Crippen molar-refractivity contribution in [1.82, 2.24) is 0 Å². The maximum atomic E-state index is 12.6. The second-order valence-corrected chi connectivity index (χ2v) is 4.56. The molecule has 1 aromatic rings. The molecule has 100 valence electrons. The minimum Gasteiger partial charge on any atom is -0.549 e. The summed E-state index contributed by atoms with van der Waals surface area (Å²) in [5, 5.41) is 11.3. The van der Waals surface area contributed by atoms with Gasteiger partial charge >= 0.3 is 6.18 Å². The number of alkyl halides is 3. The molecule has 2 nitrogen and oxygen atoms in total. The number of aliphatic carboxylic acids is 1. The van der Waals surface area contributed by atoms with Gasteiger partial charge in [0.25, 0.3) is 0 Å². The first kappa shape index (κ1) is 14.8. The minimum atomic E-state index is -4.60. The lowest BCUT2D eigenvalue weighted by molar-refractivity contribution is -0.313. The number of halogens is 4. The summed E-state index contributed by atoms with van der Waals surface area (Å²) in [7, 11) is 0. The predicted octanol–water partition coefficient (Wildman–Crippen LogP) is 2.68. The number of carboxylic acid groups (broad SMARTS) is 1. The first-order chi connectivity index (χ1) is 8.14. The molecule has 0 aliphatic heterocycles. The van der Waals surface area contributed by atoms with Crippen LogP contribution in [0.15, 0.2) is 18.2 Å². The molecule has 0 spiro atoms. The van der Waals surface area contributed by atoms with Crippen molar-refractivity contribution in [2.45, 2.75) is 25.9 Å². The summed E-state index contributed by atoms with van der Waals surface area (Å²) in [4.78, 5) is 11.0. The summed E-state index contributed by atoms with van der Waals surface area (Å²) in [6, 6.07) is 4.08. The van der Waals surface area contributed by atoms with Crippen LogP contribution in [0.2, 0.25) is 5.02 Å². The average Bonchev–Trinajstić information content (AvgIpc) is 2.19. The van der Waals surface area contributed by atoms with E-state index in [1.165, 1.54) is 25.1 Å². The molecule has 18 heavy (non-hydrogen) atoms. The van der Waals surface area contributed by atoms with Crippen molar-refractivity contribution in [3.63, 3.8) is 0 Å². The summed E-state index contributed by atoms with van der Waals surface area (Å²) >= 11 is 5.69. The van der Waals surface area contributed by atoms with Gasteiger partial charge in [0.1, 0.15) is 0 Å². The van der Waals surface area contributed by atoms with Crippen LogP contribution in [0.5, 0.6) is 0 Å². The second-order valence-electron chi connectivity index (χ2n) is 4.13. The summed E-state index contributed by atoms with van der Waals surface area (Å²) in [5.41, 5.74) is 0.469. The van der Waals surface area contributed by atoms with Crippen LogP contribution < -0.4 is 5.11 Å². The molecule has 0 N–H and O–H groups in total. The van der Waals surface area contributed by atoms with Gasteiger partial charge < -0.3 is 9.90 Å². The summed E-state index contributed by atoms with van der Waals surface area (Å²) in [6.45, 7) is 2.34. The van der Waals surface area contributed by atoms with E-state index in [9.17, 15) is 23.1 Å². The number of carbonyl (C=O) groups is 1. The molecule has 0 amide bonds. The molecule has 6 heteroatoms. The quantitative estimate of drug-likeness (QED) is 0.853. The normalized spacial score (nSPS) is 15.2. The lowest BCUT2D eigenvalue weighted by Gasteiger charge is -2.28. The first-order valence-electron chi connectivity index (χ1n) is 5.18. The van der Waals surface area contributed by atoms with Crippen molar-refractivity contribution in [2.24, 2.45) is 5.92 Å². The summed E-state index contributed by atoms with van der Waals surface area (Å²) < 4.78 is 37.9. The Hall–Kier alpha value is -1.23. The molecule has 2 atom stereocenters. The molecule has 0 bridgehead atoms. The smallest absolute Gasteiger partial charge is 0.392 e. The highest BCUT2D eigenvalue weighted by Crippen LogP contribution is 2.38. The Balaban J connectivity index is 3.25. The minimum absolute atomic E-state index is 0.0734. The van der Waals surface area contributed by atoms with Gasteiger partial charge in [0.15, 0.2) is 0 Å². The Morgan fingerprint density at radius 3 is 2.33 bits per heavy atom. The molecule has 0 aromatic heterocycles. The number of benzene rings is 1. The van der Waals surface area contributed by atoms with Gasteiger partial charge in [0, 0.05) is 16.9 Å². The van der Waals surface area contributed by atoms with Gasteiger partial charge in [0.2, 0.25) is 0 Å². The van der Waals surface area contributed by atoms with E-state index in [0.717, 1.165) is 6.92 Å². The van der Waals surface area contributed by atoms with E-state index < -0.39 is 24.0 Å². The third-order valence-corrected chi connectivity index (χ3v) is 3.07. The molecule has 0 radical (unpaired) electrons. The first-order valence-corrected chi connectivity index (χ1v) is 5.56. The van der Waals surface area contributed by atoms with Crippen LogP contribution in [0.3, 0.4) is 0 Å². The van der Waals surface area contributed by atoms with Gasteiger partial charge in [-0.05, 0) is 30.2 Å². The lowest BCUT2D eigenvalue weighted by Crippen LogP contribution is -2.39. The molecule has 0 saturated carbocycles. The Morgan fingerprint density at radius 2 is 1.94 bits per heavy atom. The van der Waals surface area contributed by atoms with E-state index in [1.54, 1.807) is 0 Å². The molecule has 0 saturated heterocycles. The molecular weight excluding hydrogens is 269 g/mol. The number of carboxylic acids is 1. The van der Waals surface area contributed by atoms with Crippen LogP contribution in [0.1, 0.15) is 24.0 Å². The number of hydrogen-bond acceptors (Lipinski definition) is 2. The monoisotopic (exact) mass is 279 g/mol. The molecule has 0 aliphatic carbocycles. The van der Waals surface area contributed by atoms with Gasteiger partial charge in [-0.3, -0.25) is 0 Å². The van der Waals surface area contributed by atoms with Crippen LogP contribution in [0.25, 0.3) is 0 Å². The zero-order valence-corrected chi connectivity index (χ0v) is 10.5. The van der Waals surface area contributed by atoms with E-state index in [4.69, 9.17) is 11.6 Å². The highest BCUT2D eigenvalue weighted by atomic mass is 35.5. The zero-order chi connectivity index (χ0) is 14.1. The molecule has 1 unspecified atom stereocenters. The van der Waals surface area contributed by atoms with Crippen LogP contribution in [-0.2, 0) is 4.79 Å². The van der Waals surface area contributed by atoms with Crippen LogP contribution in [-0.4, -0.2) is 12.1 Å². The van der Waals surface area contributed by atoms with E-state index in [1.807, 2.05) is 0 Å². The third kappa shape index (κ3) is 3.16. The van der Waals surface area contributed by atoms with Crippen LogP contribution in [0.4, 0.5) is 13.2 Å². The van der Waals surface area contributed by atoms with Crippen molar-refractivity contribution in [1.29, 1.82) is 0 Å². The van der Waals surface area contributed by atoms with Gasteiger partial charge in [0.05, 0.1) is 5.92 Å². The SMILES string of the molecule is Cc1cc(Cl)ccc1C(C(=O)[O-])[C@@H](C)C(F)(F)F. The predicted molar refractivity (Wildman–Crippen MR) is 59.2 cm³/mol. The topological polar surface area (TPSA) is 40.1 Å². The maximum Gasteiger partial charge on any atom is 0.392 e. The second kappa shape index (κ2) is 5.18. The van der Waals surface area contributed by atoms with Gasteiger partial charge in [-0.15, -0.1) is 0 Å². The van der Waals surface area contributed by atoms with E-state index >= 15 is 0 Å². The Labute approximate surface area is 107 Å². The maximum absolute atomic E-state index is 12.6. The van der Waals surface area contributed by atoms with Crippen molar-refractivity contribution < 1.29 is 23.1 Å². The van der Waals surface area contributed by atoms with Crippen molar-refractivity contribution in [3.05, 3.63) is 34.3 Å². The third-order valence-electron chi connectivity index (χ3n) is 2.84. The fourth-order valence-electron chi connectivity index (χ4n) is 1.78. The van der Waals surface area contributed by atoms with Gasteiger partial charge in [-0.25, -0.2) is 0 Å². The fraction of sp³-hybridized carbons (Fsp3) is 0.417. The highest BCUT2D eigenvalue weighted by Gasteiger charge is 2.42. The largest absolute Gasteiger partial charge is 0.549 e. The number of rotatable bonds is 3.